The van der Waals surface area contributed by atoms with Crippen LogP contribution in [0.1, 0.15) is 37.4 Å². The molecular weight excluding hydrogens is 236 g/mol. The van der Waals surface area contributed by atoms with Crippen molar-refractivity contribution in [3.05, 3.63) is 42.6 Å². The normalized spacial score (nSPS) is 23.2. The molecule has 0 amide bonds. The molecule has 0 atom stereocenters. The van der Waals surface area contributed by atoms with E-state index in [1.54, 1.807) is 12.4 Å². The Labute approximate surface area is 113 Å². The van der Waals surface area contributed by atoms with Crippen molar-refractivity contribution < 1.29 is 0 Å². The molecule has 0 spiro atoms. The predicted molar refractivity (Wildman–Crippen MR) is 74.4 cm³/mol. The Kier molecular flexibility index (Phi) is 3.51. The van der Waals surface area contributed by atoms with Crippen LogP contribution in [-0.4, -0.2) is 21.0 Å². The van der Waals surface area contributed by atoms with Gasteiger partial charge in [-0.1, -0.05) is 0 Å². The highest BCUT2D eigenvalue weighted by Crippen LogP contribution is 2.30. The summed E-state index contributed by atoms with van der Waals surface area (Å²) >= 11 is 0. The number of hydrogen-bond donors (Lipinski definition) is 1. The van der Waals surface area contributed by atoms with Crippen LogP contribution in [0.2, 0.25) is 0 Å². The molecule has 0 aromatic carbocycles. The average Bonchev–Trinajstić information content (AvgIpc) is 2.49. The van der Waals surface area contributed by atoms with Crippen molar-refractivity contribution in [1.82, 2.24) is 15.0 Å². The van der Waals surface area contributed by atoms with Gasteiger partial charge >= 0.3 is 0 Å². The van der Waals surface area contributed by atoms with E-state index in [1.807, 2.05) is 24.4 Å². The van der Waals surface area contributed by atoms with Gasteiger partial charge in [0.25, 0.3) is 0 Å². The van der Waals surface area contributed by atoms with Gasteiger partial charge in [-0.3, -0.25) is 4.98 Å². The number of nitrogens with zero attached hydrogens (tertiary/aromatic N) is 3. The fraction of sp³-hybridized carbons (Fsp3) is 0.400. The van der Waals surface area contributed by atoms with Crippen molar-refractivity contribution in [3.63, 3.8) is 0 Å². The summed E-state index contributed by atoms with van der Waals surface area (Å²) in [7, 11) is 0. The lowest BCUT2D eigenvalue weighted by molar-refractivity contribution is 0.385. The second kappa shape index (κ2) is 5.45. The van der Waals surface area contributed by atoms with Crippen LogP contribution in [0.4, 0.5) is 0 Å². The molecule has 3 rings (SSSR count). The van der Waals surface area contributed by atoms with Gasteiger partial charge in [0.2, 0.25) is 0 Å². The standard InChI is InChI=1S/C15H18N4/c16-13-3-1-12(2-4-13)15-18-10-7-14(19-15)11-5-8-17-9-6-11/h5-10,12-13H,1-4,16H2. The van der Waals surface area contributed by atoms with Gasteiger partial charge in [-0.25, -0.2) is 9.97 Å². The zero-order chi connectivity index (χ0) is 13.1. The van der Waals surface area contributed by atoms with Gasteiger partial charge in [0.15, 0.2) is 0 Å². The van der Waals surface area contributed by atoms with Crippen LogP contribution in [0.25, 0.3) is 11.3 Å². The third-order valence-electron chi connectivity index (χ3n) is 3.79. The first-order chi connectivity index (χ1) is 9.33. The molecule has 0 radical (unpaired) electrons. The van der Waals surface area contributed by atoms with Gasteiger partial charge < -0.3 is 5.73 Å². The Balaban J connectivity index is 1.84. The first-order valence-electron chi connectivity index (χ1n) is 6.82. The fourth-order valence-corrected chi connectivity index (χ4v) is 2.63. The summed E-state index contributed by atoms with van der Waals surface area (Å²) in [5, 5.41) is 0. The third kappa shape index (κ3) is 2.79. The van der Waals surface area contributed by atoms with Gasteiger partial charge in [0.05, 0.1) is 5.69 Å². The van der Waals surface area contributed by atoms with E-state index in [0.717, 1.165) is 42.8 Å². The predicted octanol–water partition coefficient (Wildman–Crippen LogP) is 2.52. The van der Waals surface area contributed by atoms with Crippen molar-refractivity contribution in [2.24, 2.45) is 5.73 Å². The summed E-state index contributed by atoms with van der Waals surface area (Å²) in [6, 6.07) is 6.26. The molecule has 2 aromatic heterocycles. The van der Waals surface area contributed by atoms with Gasteiger partial charge in [0.1, 0.15) is 5.82 Å². The van der Waals surface area contributed by atoms with Crippen LogP contribution in [0.3, 0.4) is 0 Å². The van der Waals surface area contributed by atoms with E-state index >= 15 is 0 Å². The van der Waals surface area contributed by atoms with Gasteiger partial charge in [0, 0.05) is 36.1 Å². The van der Waals surface area contributed by atoms with E-state index in [9.17, 15) is 0 Å². The molecular formula is C15H18N4. The van der Waals surface area contributed by atoms with Crippen molar-refractivity contribution in [2.75, 3.05) is 0 Å². The quantitative estimate of drug-likeness (QED) is 0.894. The number of aromatic nitrogens is 3. The topological polar surface area (TPSA) is 64.7 Å². The molecule has 2 N–H and O–H groups in total. The molecule has 2 heterocycles. The maximum atomic E-state index is 5.95. The Hall–Kier alpha value is -1.81. The molecule has 98 valence electrons. The summed E-state index contributed by atoms with van der Waals surface area (Å²) in [5.74, 6) is 1.42. The van der Waals surface area contributed by atoms with Gasteiger partial charge in [-0.15, -0.1) is 0 Å². The zero-order valence-corrected chi connectivity index (χ0v) is 10.9. The van der Waals surface area contributed by atoms with E-state index in [0.29, 0.717) is 12.0 Å². The summed E-state index contributed by atoms with van der Waals surface area (Å²) in [6.07, 6.45) is 9.78. The minimum atomic E-state index is 0.361. The molecule has 19 heavy (non-hydrogen) atoms. The summed E-state index contributed by atoms with van der Waals surface area (Å²) in [4.78, 5) is 13.2. The smallest absolute Gasteiger partial charge is 0.132 e. The third-order valence-corrected chi connectivity index (χ3v) is 3.79. The first-order valence-corrected chi connectivity index (χ1v) is 6.82. The highest BCUT2D eigenvalue weighted by Gasteiger charge is 2.22. The van der Waals surface area contributed by atoms with Crippen LogP contribution < -0.4 is 5.73 Å². The monoisotopic (exact) mass is 254 g/mol. The van der Waals surface area contributed by atoms with Crippen LogP contribution in [0.15, 0.2) is 36.8 Å². The second-order valence-electron chi connectivity index (χ2n) is 5.15. The van der Waals surface area contributed by atoms with E-state index in [2.05, 4.69) is 9.97 Å². The van der Waals surface area contributed by atoms with Crippen molar-refractivity contribution in [2.45, 2.75) is 37.6 Å². The van der Waals surface area contributed by atoms with Crippen LogP contribution in [0, 0.1) is 0 Å². The van der Waals surface area contributed by atoms with E-state index in [-0.39, 0.29) is 0 Å². The van der Waals surface area contributed by atoms with E-state index in [1.165, 1.54) is 0 Å². The minimum Gasteiger partial charge on any atom is -0.328 e. The highest BCUT2D eigenvalue weighted by molar-refractivity contribution is 5.57. The van der Waals surface area contributed by atoms with Crippen molar-refractivity contribution >= 4 is 0 Å². The largest absolute Gasteiger partial charge is 0.328 e. The lowest BCUT2D eigenvalue weighted by Crippen LogP contribution is -2.26. The van der Waals surface area contributed by atoms with Gasteiger partial charge in [-0.2, -0.15) is 0 Å². The van der Waals surface area contributed by atoms with E-state index in [4.69, 9.17) is 10.7 Å². The first kappa shape index (κ1) is 12.2. The number of hydrogen-bond acceptors (Lipinski definition) is 4. The highest BCUT2D eigenvalue weighted by atomic mass is 14.9. The Bertz CT molecular complexity index is 533. The average molecular weight is 254 g/mol. The van der Waals surface area contributed by atoms with Crippen LogP contribution in [0.5, 0.6) is 0 Å². The van der Waals surface area contributed by atoms with Crippen molar-refractivity contribution in [3.8, 4) is 11.3 Å². The number of nitrogens with two attached hydrogens (primary N) is 1. The Morgan fingerprint density at radius 1 is 0.947 bits per heavy atom. The molecule has 1 saturated carbocycles. The molecule has 4 heteroatoms. The van der Waals surface area contributed by atoms with Gasteiger partial charge in [-0.05, 0) is 43.9 Å². The van der Waals surface area contributed by atoms with Crippen LogP contribution >= 0.6 is 0 Å². The molecule has 1 aliphatic rings. The summed E-state index contributed by atoms with van der Waals surface area (Å²) in [5.41, 5.74) is 8.01. The maximum Gasteiger partial charge on any atom is 0.132 e. The molecule has 0 saturated heterocycles. The lowest BCUT2D eigenvalue weighted by Gasteiger charge is -2.25. The minimum absolute atomic E-state index is 0.361. The Morgan fingerprint density at radius 2 is 1.68 bits per heavy atom. The van der Waals surface area contributed by atoms with E-state index < -0.39 is 0 Å². The fourth-order valence-electron chi connectivity index (χ4n) is 2.63. The molecule has 0 unspecified atom stereocenters. The SMILES string of the molecule is NC1CCC(c2nccc(-c3ccncc3)n2)CC1. The van der Waals surface area contributed by atoms with Crippen LogP contribution in [-0.2, 0) is 0 Å². The molecule has 1 aliphatic carbocycles. The maximum absolute atomic E-state index is 5.95. The molecule has 0 bridgehead atoms. The molecule has 0 aliphatic heterocycles. The zero-order valence-electron chi connectivity index (χ0n) is 10.9. The lowest BCUT2D eigenvalue weighted by atomic mass is 9.86. The molecule has 1 fully saturated rings. The Morgan fingerprint density at radius 3 is 2.42 bits per heavy atom. The van der Waals surface area contributed by atoms with Crippen molar-refractivity contribution in [1.29, 1.82) is 0 Å². The molecule has 4 nitrogen and oxygen atoms in total. The number of rotatable bonds is 2. The second-order valence-corrected chi connectivity index (χ2v) is 5.15. The molecule has 2 aromatic rings. The number of pyridine rings is 1. The summed E-state index contributed by atoms with van der Waals surface area (Å²) < 4.78 is 0. The summed E-state index contributed by atoms with van der Waals surface area (Å²) in [6.45, 7) is 0.